The van der Waals surface area contributed by atoms with Crippen molar-refractivity contribution >= 4 is 17.1 Å². The van der Waals surface area contributed by atoms with E-state index < -0.39 is 43.3 Å². The molecule has 0 fully saturated rings. The van der Waals surface area contributed by atoms with Gasteiger partial charge in [0.25, 0.3) is 11.5 Å². The van der Waals surface area contributed by atoms with Crippen LogP contribution in [0, 0.1) is 30.3 Å². The fourth-order valence-electron chi connectivity index (χ4n) is 1.67. The van der Waals surface area contributed by atoms with Crippen molar-refractivity contribution in [1.82, 2.24) is 4.73 Å². The monoisotopic (exact) mass is 369 g/mol. The average molecular weight is 369 g/mol. The number of pyridine rings is 1. The molecule has 1 heterocycles. The predicted molar refractivity (Wildman–Crippen MR) is 82.8 cm³/mol. The molecular formula is C12H11N5O9. The SMILES string of the molecule is CN=c1ccccn1O.O=[N+]([O-])c1cc([N+](=O)[O-])c(O)c([N+](=O)[O-])c1O. The standard InChI is InChI=1S/C6H3N3O8.C6H8N2O/c10-5-2(7(12)13)1-3(8(14)15)6(11)4(5)9(16)17;1-7-6-4-2-3-5-8(6)9/h1,10-11H;2-5,9H,1H3. The molecule has 26 heavy (non-hydrogen) atoms. The molecule has 0 unspecified atom stereocenters. The number of phenolic OH excluding ortho intramolecular Hbond substituents is 2. The van der Waals surface area contributed by atoms with Crippen molar-refractivity contribution in [3.63, 3.8) is 0 Å². The topological polar surface area (TPSA) is 207 Å². The van der Waals surface area contributed by atoms with Gasteiger partial charge in [0, 0.05) is 13.2 Å². The van der Waals surface area contributed by atoms with E-state index in [-0.39, 0.29) is 6.07 Å². The lowest BCUT2D eigenvalue weighted by Gasteiger charge is -2.00. The maximum absolute atomic E-state index is 10.4. The number of rotatable bonds is 3. The molecule has 0 aliphatic rings. The maximum atomic E-state index is 10.4. The number of phenols is 2. The highest BCUT2D eigenvalue weighted by Gasteiger charge is 2.36. The molecule has 0 aliphatic heterocycles. The highest BCUT2D eigenvalue weighted by atomic mass is 16.6. The average Bonchev–Trinajstić information content (AvgIpc) is 2.55. The van der Waals surface area contributed by atoms with E-state index in [4.69, 9.17) is 15.4 Å². The zero-order valence-corrected chi connectivity index (χ0v) is 12.9. The van der Waals surface area contributed by atoms with Crippen LogP contribution in [0.15, 0.2) is 35.5 Å². The van der Waals surface area contributed by atoms with Crippen LogP contribution in [-0.4, -0.2) is 42.0 Å². The smallest absolute Gasteiger partial charge is 0.366 e. The van der Waals surface area contributed by atoms with Crippen LogP contribution in [0.2, 0.25) is 0 Å². The second kappa shape index (κ2) is 8.04. The Hall–Kier alpha value is -4.23. The van der Waals surface area contributed by atoms with E-state index in [1.54, 1.807) is 19.2 Å². The van der Waals surface area contributed by atoms with E-state index in [1.165, 1.54) is 6.20 Å². The zero-order chi connectivity index (χ0) is 20.0. The Morgan fingerprint density at radius 3 is 1.77 bits per heavy atom. The van der Waals surface area contributed by atoms with Gasteiger partial charge in [0.2, 0.25) is 0 Å². The lowest BCUT2D eigenvalue weighted by Crippen LogP contribution is -2.16. The predicted octanol–water partition coefficient (Wildman–Crippen LogP) is 1.08. The summed E-state index contributed by atoms with van der Waals surface area (Å²) in [5, 5.41) is 58.5. The Morgan fingerprint density at radius 2 is 1.46 bits per heavy atom. The van der Waals surface area contributed by atoms with E-state index in [9.17, 15) is 30.3 Å². The molecule has 0 bridgehead atoms. The van der Waals surface area contributed by atoms with Gasteiger partial charge in [-0.25, -0.2) is 0 Å². The number of nitrogens with zero attached hydrogens (tertiary/aromatic N) is 5. The van der Waals surface area contributed by atoms with Crippen molar-refractivity contribution in [2.75, 3.05) is 7.05 Å². The quantitative estimate of drug-likeness (QED) is 0.401. The van der Waals surface area contributed by atoms with Crippen LogP contribution in [0.3, 0.4) is 0 Å². The van der Waals surface area contributed by atoms with Crippen molar-refractivity contribution < 1.29 is 30.2 Å². The van der Waals surface area contributed by atoms with Crippen molar-refractivity contribution in [2.24, 2.45) is 4.99 Å². The highest BCUT2D eigenvalue weighted by Crippen LogP contribution is 2.47. The summed E-state index contributed by atoms with van der Waals surface area (Å²) in [6, 6.07) is 5.50. The van der Waals surface area contributed by atoms with Crippen molar-refractivity contribution in [3.05, 3.63) is 66.3 Å². The van der Waals surface area contributed by atoms with Gasteiger partial charge in [-0.05, 0) is 12.1 Å². The minimum absolute atomic E-state index is 0.234. The maximum Gasteiger partial charge on any atom is 0.366 e. The first-order valence-electron chi connectivity index (χ1n) is 6.43. The molecule has 0 radical (unpaired) electrons. The molecular weight excluding hydrogens is 358 g/mol. The molecule has 0 saturated heterocycles. The van der Waals surface area contributed by atoms with Gasteiger partial charge in [-0.15, -0.1) is 0 Å². The van der Waals surface area contributed by atoms with Gasteiger partial charge in [0.1, 0.15) is 6.07 Å². The van der Waals surface area contributed by atoms with Crippen molar-refractivity contribution in [1.29, 1.82) is 0 Å². The lowest BCUT2D eigenvalue weighted by atomic mass is 10.2. The molecule has 1 aromatic heterocycles. The number of benzene rings is 1. The van der Waals surface area contributed by atoms with Crippen LogP contribution in [-0.2, 0) is 0 Å². The van der Waals surface area contributed by atoms with E-state index in [1.807, 2.05) is 6.07 Å². The number of nitro benzene ring substituents is 3. The minimum Gasteiger partial charge on any atom is -0.497 e. The molecule has 138 valence electrons. The fourth-order valence-corrected chi connectivity index (χ4v) is 1.67. The Kier molecular flexibility index (Phi) is 6.13. The molecule has 1 aromatic carbocycles. The first-order valence-corrected chi connectivity index (χ1v) is 6.43. The fraction of sp³-hybridized carbons (Fsp3) is 0.0833. The first-order chi connectivity index (χ1) is 12.1. The summed E-state index contributed by atoms with van der Waals surface area (Å²) in [4.78, 5) is 31.2. The van der Waals surface area contributed by atoms with Crippen molar-refractivity contribution in [2.45, 2.75) is 0 Å². The van der Waals surface area contributed by atoms with Crippen LogP contribution in [0.25, 0.3) is 0 Å². The molecule has 0 saturated carbocycles. The number of aromatic nitrogens is 1. The largest absolute Gasteiger partial charge is 0.497 e. The molecule has 2 rings (SSSR count). The molecule has 0 atom stereocenters. The molecule has 0 amide bonds. The highest BCUT2D eigenvalue weighted by molar-refractivity contribution is 5.73. The van der Waals surface area contributed by atoms with Gasteiger partial charge in [-0.1, -0.05) is 6.07 Å². The van der Waals surface area contributed by atoms with Gasteiger partial charge >= 0.3 is 17.1 Å². The lowest BCUT2D eigenvalue weighted by molar-refractivity contribution is -0.405. The molecule has 3 N–H and O–H groups in total. The summed E-state index contributed by atoms with van der Waals surface area (Å²) < 4.78 is 0.972. The Bertz CT molecular complexity index is 899. The molecule has 14 heteroatoms. The third-order valence-electron chi connectivity index (χ3n) is 2.83. The number of hydrogen-bond acceptors (Lipinski definition) is 10. The van der Waals surface area contributed by atoms with Gasteiger partial charge in [0.05, 0.1) is 14.8 Å². The third kappa shape index (κ3) is 4.19. The molecule has 0 aliphatic carbocycles. The summed E-state index contributed by atoms with van der Waals surface area (Å²) in [6.45, 7) is 0. The number of aromatic hydroxyl groups is 2. The van der Waals surface area contributed by atoms with Crippen LogP contribution in [0.1, 0.15) is 0 Å². The molecule has 14 nitrogen and oxygen atoms in total. The molecule has 2 aromatic rings. The van der Waals surface area contributed by atoms with Gasteiger partial charge in [0.15, 0.2) is 5.49 Å². The van der Waals surface area contributed by atoms with Crippen LogP contribution in [0.4, 0.5) is 17.1 Å². The van der Waals surface area contributed by atoms with Gasteiger partial charge < -0.3 is 15.4 Å². The second-order valence-electron chi connectivity index (χ2n) is 4.36. The van der Waals surface area contributed by atoms with E-state index >= 15 is 0 Å². The molecule has 0 spiro atoms. The minimum atomic E-state index is -1.48. The summed E-state index contributed by atoms with van der Waals surface area (Å²) in [6.07, 6.45) is 1.53. The summed E-state index contributed by atoms with van der Waals surface area (Å²) >= 11 is 0. The van der Waals surface area contributed by atoms with E-state index in [0.717, 1.165) is 4.73 Å². The number of nitro groups is 3. The summed E-state index contributed by atoms with van der Waals surface area (Å²) in [5.74, 6) is -2.88. The normalized spacial score (nSPS) is 10.6. The van der Waals surface area contributed by atoms with Crippen molar-refractivity contribution in [3.8, 4) is 11.5 Å². The number of hydrogen-bond donors (Lipinski definition) is 3. The van der Waals surface area contributed by atoms with Crippen LogP contribution >= 0.6 is 0 Å². The van der Waals surface area contributed by atoms with Gasteiger partial charge in [-0.3, -0.25) is 35.3 Å². The zero-order valence-electron chi connectivity index (χ0n) is 12.9. The van der Waals surface area contributed by atoms with E-state index in [0.29, 0.717) is 5.49 Å². The third-order valence-corrected chi connectivity index (χ3v) is 2.83. The Morgan fingerprint density at radius 1 is 0.962 bits per heavy atom. The van der Waals surface area contributed by atoms with Crippen LogP contribution in [0.5, 0.6) is 11.5 Å². The van der Waals surface area contributed by atoms with Gasteiger partial charge in [-0.2, -0.15) is 4.73 Å². The van der Waals surface area contributed by atoms with E-state index in [2.05, 4.69) is 4.99 Å². The summed E-state index contributed by atoms with van der Waals surface area (Å²) in [7, 11) is 1.63. The first kappa shape index (κ1) is 19.8. The summed E-state index contributed by atoms with van der Waals surface area (Å²) in [5.41, 5.74) is -3.40. The second-order valence-corrected chi connectivity index (χ2v) is 4.36. The van der Waals surface area contributed by atoms with Crippen LogP contribution < -0.4 is 5.49 Å². The Balaban J connectivity index is 0.000000314. The Labute approximate surface area is 142 Å².